The molecule has 13 heavy (non-hydrogen) atoms. The standard InChI is InChI=1S/C9H11N3O/c1-5-8-7(4-10-9(8)13)12(11-5)6-2-3-6/h6H,2-4H2,1H3,(H,10,13). The summed E-state index contributed by atoms with van der Waals surface area (Å²) < 4.78 is 2.03. The van der Waals surface area contributed by atoms with E-state index in [9.17, 15) is 4.79 Å². The van der Waals surface area contributed by atoms with Gasteiger partial charge in [-0.05, 0) is 19.8 Å². The number of aryl methyl sites for hydroxylation is 1. The van der Waals surface area contributed by atoms with Crippen molar-refractivity contribution in [1.29, 1.82) is 0 Å². The quantitative estimate of drug-likeness (QED) is 0.688. The van der Waals surface area contributed by atoms with E-state index in [0.29, 0.717) is 12.6 Å². The van der Waals surface area contributed by atoms with Crippen molar-refractivity contribution < 1.29 is 4.79 Å². The minimum absolute atomic E-state index is 0.0411. The molecule has 0 bridgehead atoms. The zero-order chi connectivity index (χ0) is 9.00. The van der Waals surface area contributed by atoms with Gasteiger partial charge in [0.05, 0.1) is 29.5 Å². The molecule has 1 amide bonds. The molecular weight excluding hydrogens is 166 g/mol. The molecule has 0 radical (unpaired) electrons. The maximum atomic E-state index is 11.4. The minimum Gasteiger partial charge on any atom is -0.346 e. The molecule has 4 heteroatoms. The zero-order valence-electron chi connectivity index (χ0n) is 7.50. The Morgan fingerprint density at radius 3 is 3.00 bits per heavy atom. The molecule has 0 atom stereocenters. The van der Waals surface area contributed by atoms with Crippen LogP contribution in [0.5, 0.6) is 0 Å². The molecule has 1 aromatic rings. The summed E-state index contributed by atoms with van der Waals surface area (Å²) in [6, 6.07) is 0.565. The summed E-state index contributed by atoms with van der Waals surface area (Å²) in [6.45, 7) is 2.56. The largest absolute Gasteiger partial charge is 0.346 e. The van der Waals surface area contributed by atoms with Crippen molar-refractivity contribution in [1.82, 2.24) is 15.1 Å². The van der Waals surface area contributed by atoms with Crippen LogP contribution in [0, 0.1) is 6.92 Å². The van der Waals surface area contributed by atoms with Gasteiger partial charge in [-0.3, -0.25) is 9.48 Å². The Hall–Kier alpha value is -1.32. The second-order valence-electron chi connectivity index (χ2n) is 3.77. The van der Waals surface area contributed by atoms with Gasteiger partial charge in [0.2, 0.25) is 0 Å². The summed E-state index contributed by atoms with van der Waals surface area (Å²) in [7, 11) is 0. The fourth-order valence-corrected chi connectivity index (χ4v) is 1.93. The summed E-state index contributed by atoms with van der Waals surface area (Å²) >= 11 is 0. The Labute approximate surface area is 75.9 Å². The van der Waals surface area contributed by atoms with Crippen molar-refractivity contribution in [2.24, 2.45) is 0 Å². The maximum absolute atomic E-state index is 11.4. The van der Waals surface area contributed by atoms with Crippen molar-refractivity contribution in [3.8, 4) is 0 Å². The number of amides is 1. The van der Waals surface area contributed by atoms with Crippen LogP contribution in [-0.2, 0) is 6.54 Å². The van der Waals surface area contributed by atoms with Crippen LogP contribution in [0.15, 0.2) is 0 Å². The Morgan fingerprint density at radius 2 is 2.31 bits per heavy atom. The zero-order valence-corrected chi connectivity index (χ0v) is 7.50. The molecule has 0 saturated heterocycles. The minimum atomic E-state index is 0.0411. The van der Waals surface area contributed by atoms with Crippen LogP contribution < -0.4 is 5.32 Å². The average molecular weight is 177 g/mol. The second-order valence-corrected chi connectivity index (χ2v) is 3.77. The van der Waals surface area contributed by atoms with Crippen molar-refractivity contribution in [2.45, 2.75) is 32.4 Å². The molecule has 4 nitrogen and oxygen atoms in total. The van der Waals surface area contributed by atoms with Crippen LogP contribution in [0.1, 0.15) is 40.6 Å². The normalized spacial score (nSPS) is 20.2. The third-order valence-electron chi connectivity index (χ3n) is 2.72. The molecular formula is C9H11N3O. The number of nitrogens with zero attached hydrogens (tertiary/aromatic N) is 2. The predicted octanol–water partition coefficient (Wildman–Crippen LogP) is 0.770. The molecule has 3 rings (SSSR count). The first kappa shape index (κ1) is 7.12. The van der Waals surface area contributed by atoms with E-state index in [-0.39, 0.29) is 5.91 Å². The summed E-state index contributed by atoms with van der Waals surface area (Å²) in [4.78, 5) is 11.4. The van der Waals surface area contributed by atoms with Crippen molar-refractivity contribution in [2.75, 3.05) is 0 Å². The Kier molecular flexibility index (Phi) is 1.17. The van der Waals surface area contributed by atoms with E-state index >= 15 is 0 Å². The maximum Gasteiger partial charge on any atom is 0.255 e. The summed E-state index contributed by atoms with van der Waals surface area (Å²) in [6.07, 6.45) is 2.42. The number of hydrogen-bond acceptors (Lipinski definition) is 2. The fourth-order valence-electron chi connectivity index (χ4n) is 1.93. The highest BCUT2D eigenvalue weighted by molar-refractivity contribution is 5.98. The first-order chi connectivity index (χ1) is 6.27. The van der Waals surface area contributed by atoms with Crippen LogP contribution in [0.2, 0.25) is 0 Å². The highest BCUT2D eigenvalue weighted by Gasteiger charge is 2.33. The molecule has 1 aromatic heterocycles. The average Bonchev–Trinajstić information content (AvgIpc) is 2.79. The number of carbonyl (C=O) groups excluding carboxylic acids is 1. The second kappa shape index (κ2) is 2.13. The van der Waals surface area contributed by atoms with E-state index < -0.39 is 0 Å². The van der Waals surface area contributed by atoms with E-state index in [1.165, 1.54) is 12.8 Å². The summed E-state index contributed by atoms with van der Waals surface area (Å²) in [5, 5.41) is 7.23. The van der Waals surface area contributed by atoms with Gasteiger partial charge in [0.25, 0.3) is 5.91 Å². The van der Waals surface area contributed by atoms with E-state index in [2.05, 4.69) is 10.4 Å². The topological polar surface area (TPSA) is 46.9 Å². The summed E-state index contributed by atoms with van der Waals surface area (Å²) in [5.74, 6) is 0.0411. The van der Waals surface area contributed by atoms with E-state index in [4.69, 9.17) is 0 Å². The van der Waals surface area contributed by atoms with Gasteiger partial charge in [-0.2, -0.15) is 5.10 Å². The first-order valence-electron chi connectivity index (χ1n) is 4.63. The van der Waals surface area contributed by atoms with E-state index in [1.54, 1.807) is 0 Å². The Balaban J connectivity index is 2.18. The lowest BCUT2D eigenvalue weighted by Gasteiger charge is -2.00. The molecule has 2 aliphatic rings. The third kappa shape index (κ3) is 0.855. The van der Waals surface area contributed by atoms with Gasteiger partial charge in [0, 0.05) is 0 Å². The number of nitrogens with one attached hydrogen (secondary N) is 1. The highest BCUT2D eigenvalue weighted by Crippen LogP contribution is 2.37. The van der Waals surface area contributed by atoms with Gasteiger partial charge in [-0.15, -0.1) is 0 Å². The fraction of sp³-hybridized carbons (Fsp3) is 0.556. The van der Waals surface area contributed by atoms with Gasteiger partial charge >= 0.3 is 0 Å². The molecule has 1 fully saturated rings. The number of rotatable bonds is 1. The molecule has 0 spiro atoms. The van der Waals surface area contributed by atoms with Crippen LogP contribution in [0.4, 0.5) is 0 Å². The van der Waals surface area contributed by atoms with Crippen molar-refractivity contribution >= 4 is 5.91 Å². The van der Waals surface area contributed by atoms with Crippen LogP contribution in [0.25, 0.3) is 0 Å². The van der Waals surface area contributed by atoms with Gasteiger partial charge < -0.3 is 5.32 Å². The molecule has 68 valence electrons. The van der Waals surface area contributed by atoms with Crippen molar-refractivity contribution in [3.63, 3.8) is 0 Å². The molecule has 0 unspecified atom stereocenters. The third-order valence-corrected chi connectivity index (χ3v) is 2.72. The van der Waals surface area contributed by atoms with Crippen LogP contribution in [0.3, 0.4) is 0 Å². The number of fused-ring (bicyclic) bond motifs is 1. The predicted molar refractivity (Wildman–Crippen MR) is 46.4 cm³/mol. The lowest BCUT2D eigenvalue weighted by molar-refractivity contribution is 0.0965. The van der Waals surface area contributed by atoms with E-state index in [1.807, 2.05) is 11.6 Å². The number of hydrogen-bond donors (Lipinski definition) is 1. The molecule has 2 heterocycles. The van der Waals surface area contributed by atoms with Crippen LogP contribution >= 0.6 is 0 Å². The first-order valence-corrected chi connectivity index (χ1v) is 4.63. The molecule has 1 N–H and O–H groups in total. The Morgan fingerprint density at radius 1 is 1.54 bits per heavy atom. The number of carbonyl (C=O) groups is 1. The smallest absolute Gasteiger partial charge is 0.255 e. The van der Waals surface area contributed by atoms with E-state index in [0.717, 1.165) is 17.0 Å². The highest BCUT2D eigenvalue weighted by atomic mass is 16.2. The van der Waals surface area contributed by atoms with Crippen molar-refractivity contribution in [3.05, 3.63) is 17.0 Å². The SMILES string of the molecule is Cc1nn(C2CC2)c2c1C(=O)NC2. The number of aromatic nitrogens is 2. The van der Waals surface area contributed by atoms with Gasteiger partial charge in [0.15, 0.2) is 0 Å². The molecule has 1 aliphatic heterocycles. The van der Waals surface area contributed by atoms with Gasteiger partial charge in [-0.25, -0.2) is 0 Å². The summed E-state index contributed by atoms with van der Waals surface area (Å²) in [5.41, 5.74) is 2.77. The monoisotopic (exact) mass is 177 g/mol. The lowest BCUT2D eigenvalue weighted by atomic mass is 10.2. The molecule has 0 aromatic carbocycles. The van der Waals surface area contributed by atoms with Crippen LogP contribution in [-0.4, -0.2) is 15.7 Å². The lowest BCUT2D eigenvalue weighted by Crippen LogP contribution is -2.15. The molecule has 1 saturated carbocycles. The van der Waals surface area contributed by atoms with Gasteiger partial charge in [0.1, 0.15) is 0 Å². The Bertz CT molecular complexity index is 390. The molecule has 1 aliphatic carbocycles. The van der Waals surface area contributed by atoms with Gasteiger partial charge in [-0.1, -0.05) is 0 Å².